The number of carbonyl (C=O) groups excluding carboxylic acids is 1. The number of nitrogens with one attached hydrogen (secondary N) is 2. The molecular formula is C22H20ClFN2O3S. The van der Waals surface area contributed by atoms with Gasteiger partial charge in [0, 0.05) is 5.56 Å². The molecule has 3 rings (SSSR count). The van der Waals surface area contributed by atoms with Crippen LogP contribution in [0.3, 0.4) is 0 Å². The van der Waals surface area contributed by atoms with Crippen molar-refractivity contribution < 1.29 is 17.6 Å². The van der Waals surface area contributed by atoms with E-state index >= 15 is 0 Å². The summed E-state index contributed by atoms with van der Waals surface area (Å²) in [4.78, 5) is 12.5. The molecule has 1 atom stereocenters. The van der Waals surface area contributed by atoms with Gasteiger partial charge in [-0.3, -0.25) is 9.52 Å². The zero-order valence-electron chi connectivity index (χ0n) is 16.3. The molecule has 1 amide bonds. The van der Waals surface area contributed by atoms with Gasteiger partial charge >= 0.3 is 0 Å². The van der Waals surface area contributed by atoms with E-state index in [1.807, 2.05) is 0 Å². The summed E-state index contributed by atoms with van der Waals surface area (Å²) in [6, 6.07) is 16.3. The molecule has 0 aromatic heterocycles. The molecule has 156 valence electrons. The van der Waals surface area contributed by atoms with E-state index in [4.69, 9.17) is 11.6 Å². The van der Waals surface area contributed by atoms with E-state index in [1.165, 1.54) is 30.3 Å². The number of hydrogen-bond donors (Lipinski definition) is 2. The standard InChI is InChI=1S/C22H20ClFN2O3S/c1-14-5-3-4-6-20(14)26-30(28,29)21-13-17(9-12-19(21)23)22(27)25-15(2)16-7-10-18(24)11-8-16/h3-13,15,26H,1-2H3,(H,25,27)/t15-/m1/s1. The van der Waals surface area contributed by atoms with Crippen molar-refractivity contribution in [1.29, 1.82) is 0 Å². The second-order valence-electron chi connectivity index (χ2n) is 6.81. The van der Waals surface area contributed by atoms with Crippen LogP contribution in [0.4, 0.5) is 10.1 Å². The molecule has 30 heavy (non-hydrogen) atoms. The normalized spacial score (nSPS) is 12.3. The van der Waals surface area contributed by atoms with Gasteiger partial charge < -0.3 is 5.32 Å². The lowest BCUT2D eigenvalue weighted by Gasteiger charge is -2.16. The monoisotopic (exact) mass is 446 g/mol. The van der Waals surface area contributed by atoms with E-state index in [9.17, 15) is 17.6 Å². The summed E-state index contributed by atoms with van der Waals surface area (Å²) in [6.45, 7) is 3.53. The number of rotatable bonds is 6. The predicted octanol–water partition coefficient (Wildman–Crippen LogP) is 5.08. The number of aryl methyl sites for hydroxylation is 1. The van der Waals surface area contributed by atoms with E-state index in [2.05, 4.69) is 10.0 Å². The lowest BCUT2D eigenvalue weighted by molar-refractivity contribution is 0.0939. The van der Waals surface area contributed by atoms with Crippen molar-refractivity contribution in [1.82, 2.24) is 5.32 Å². The highest BCUT2D eigenvalue weighted by molar-refractivity contribution is 7.92. The molecule has 2 N–H and O–H groups in total. The second-order valence-corrected chi connectivity index (χ2v) is 8.87. The van der Waals surface area contributed by atoms with Gasteiger partial charge in [-0.2, -0.15) is 0 Å². The molecule has 0 aliphatic carbocycles. The Balaban J connectivity index is 1.84. The first kappa shape index (κ1) is 21.8. The predicted molar refractivity (Wildman–Crippen MR) is 116 cm³/mol. The van der Waals surface area contributed by atoms with Crippen LogP contribution in [0.1, 0.15) is 34.5 Å². The van der Waals surface area contributed by atoms with Crippen molar-refractivity contribution in [2.75, 3.05) is 4.72 Å². The van der Waals surface area contributed by atoms with Crippen molar-refractivity contribution in [2.45, 2.75) is 24.8 Å². The summed E-state index contributed by atoms with van der Waals surface area (Å²) in [6.07, 6.45) is 0. The number of anilines is 1. The fraction of sp³-hybridized carbons (Fsp3) is 0.136. The molecule has 0 unspecified atom stereocenters. The second kappa shape index (κ2) is 8.85. The molecule has 0 aliphatic rings. The van der Waals surface area contributed by atoms with Gasteiger partial charge in [0.15, 0.2) is 0 Å². The fourth-order valence-corrected chi connectivity index (χ4v) is 4.51. The van der Waals surface area contributed by atoms with Gasteiger partial charge in [0.05, 0.1) is 16.8 Å². The summed E-state index contributed by atoms with van der Waals surface area (Å²) in [5.41, 5.74) is 2.03. The minimum atomic E-state index is -4.01. The lowest BCUT2D eigenvalue weighted by atomic mass is 10.1. The minimum Gasteiger partial charge on any atom is -0.346 e. The maximum absolute atomic E-state index is 13.1. The first-order valence-electron chi connectivity index (χ1n) is 9.12. The minimum absolute atomic E-state index is 0.000725. The molecule has 0 heterocycles. The number of sulfonamides is 1. The molecule has 0 spiro atoms. The molecule has 0 aliphatic heterocycles. The van der Waals surface area contributed by atoms with Gasteiger partial charge in [-0.1, -0.05) is 41.9 Å². The molecule has 8 heteroatoms. The average molecular weight is 447 g/mol. The van der Waals surface area contributed by atoms with Crippen LogP contribution in [0.15, 0.2) is 71.6 Å². The SMILES string of the molecule is Cc1ccccc1NS(=O)(=O)c1cc(C(=O)N[C@H](C)c2ccc(F)cc2)ccc1Cl. The average Bonchev–Trinajstić information content (AvgIpc) is 2.70. The van der Waals surface area contributed by atoms with Crippen LogP contribution < -0.4 is 10.0 Å². The van der Waals surface area contributed by atoms with Crippen LogP contribution >= 0.6 is 11.6 Å². The van der Waals surface area contributed by atoms with Crippen molar-refractivity contribution in [3.8, 4) is 0 Å². The van der Waals surface area contributed by atoms with Crippen LogP contribution in [-0.2, 0) is 10.0 Å². The Morgan fingerprint density at radius 2 is 1.70 bits per heavy atom. The maximum Gasteiger partial charge on any atom is 0.263 e. The molecule has 0 saturated carbocycles. The zero-order chi connectivity index (χ0) is 21.9. The van der Waals surface area contributed by atoms with Crippen molar-refractivity contribution >= 4 is 33.2 Å². The van der Waals surface area contributed by atoms with Crippen molar-refractivity contribution in [3.05, 3.63) is 94.3 Å². The number of amides is 1. The Morgan fingerprint density at radius 1 is 1.03 bits per heavy atom. The maximum atomic E-state index is 13.1. The topological polar surface area (TPSA) is 75.3 Å². The largest absolute Gasteiger partial charge is 0.346 e. The van der Waals surface area contributed by atoms with Crippen molar-refractivity contribution in [2.24, 2.45) is 0 Å². The van der Waals surface area contributed by atoms with Gasteiger partial charge in [-0.15, -0.1) is 0 Å². The molecule has 0 fully saturated rings. The van der Waals surface area contributed by atoms with Gasteiger partial charge in [0.1, 0.15) is 10.7 Å². The van der Waals surface area contributed by atoms with Crippen LogP contribution in [0.25, 0.3) is 0 Å². The first-order chi connectivity index (χ1) is 14.2. The highest BCUT2D eigenvalue weighted by Gasteiger charge is 2.21. The van der Waals surface area contributed by atoms with Gasteiger partial charge in [-0.25, -0.2) is 12.8 Å². The zero-order valence-corrected chi connectivity index (χ0v) is 17.9. The third-order valence-electron chi connectivity index (χ3n) is 4.59. The van der Waals surface area contributed by atoms with E-state index in [0.717, 1.165) is 5.56 Å². The Labute approximate surface area is 179 Å². The van der Waals surface area contributed by atoms with Crippen molar-refractivity contribution in [3.63, 3.8) is 0 Å². The highest BCUT2D eigenvalue weighted by Crippen LogP contribution is 2.26. The molecule has 5 nitrogen and oxygen atoms in total. The van der Waals surface area contributed by atoms with Crippen LogP contribution in [0.2, 0.25) is 5.02 Å². The number of benzene rings is 3. The smallest absolute Gasteiger partial charge is 0.263 e. The van der Waals surface area contributed by atoms with E-state index in [0.29, 0.717) is 11.3 Å². The third kappa shape index (κ3) is 4.98. The molecule has 0 saturated heterocycles. The summed E-state index contributed by atoms with van der Waals surface area (Å²) in [7, 11) is -4.01. The van der Waals surface area contributed by atoms with E-state index in [1.54, 1.807) is 50.2 Å². The van der Waals surface area contributed by atoms with Crippen LogP contribution in [0.5, 0.6) is 0 Å². The molecule has 3 aromatic carbocycles. The van der Waals surface area contributed by atoms with Crippen LogP contribution in [-0.4, -0.2) is 14.3 Å². The van der Waals surface area contributed by atoms with E-state index < -0.39 is 22.0 Å². The Morgan fingerprint density at radius 3 is 2.37 bits per heavy atom. The molecular weight excluding hydrogens is 427 g/mol. The summed E-state index contributed by atoms with van der Waals surface area (Å²) in [5, 5.41) is 2.77. The van der Waals surface area contributed by atoms with Gasteiger partial charge in [0.25, 0.3) is 15.9 Å². The Bertz CT molecular complexity index is 1180. The quantitative estimate of drug-likeness (QED) is 0.554. The molecule has 3 aromatic rings. The lowest BCUT2D eigenvalue weighted by Crippen LogP contribution is -2.27. The fourth-order valence-electron chi connectivity index (χ4n) is 2.85. The summed E-state index contributed by atoms with van der Waals surface area (Å²) < 4.78 is 41.3. The van der Waals surface area contributed by atoms with Crippen LogP contribution in [0, 0.1) is 12.7 Å². The Kier molecular flexibility index (Phi) is 6.43. The van der Waals surface area contributed by atoms with E-state index in [-0.39, 0.29) is 21.3 Å². The number of para-hydroxylation sites is 1. The van der Waals surface area contributed by atoms with Gasteiger partial charge in [0.2, 0.25) is 0 Å². The number of halogens is 2. The molecule has 0 radical (unpaired) electrons. The highest BCUT2D eigenvalue weighted by atomic mass is 35.5. The van der Waals surface area contributed by atoms with Gasteiger partial charge in [-0.05, 0) is 61.4 Å². The number of carbonyl (C=O) groups is 1. The first-order valence-corrected chi connectivity index (χ1v) is 11.0. The number of hydrogen-bond acceptors (Lipinski definition) is 3. The third-order valence-corrected chi connectivity index (χ3v) is 6.44. The Hall–Kier alpha value is -2.90. The molecule has 0 bridgehead atoms. The summed E-state index contributed by atoms with van der Waals surface area (Å²) >= 11 is 6.12. The summed E-state index contributed by atoms with van der Waals surface area (Å²) in [5.74, 6) is -0.846.